The molecule has 7 heteroatoms. The van der Waals surface area contributed by atoms with Crippen LogP contribution in [0.4, 0.5) is 5.13 Å². The Morgan fingerprint density at radius 1 is 1.08 bits per heavy atom. The van der Waals surface area contributed by atoms with Crippen molar-refractivity contribution < 1.29 is 14.4 Å². The van der Waals surface area contributed by atoms with Crippen LogP contribution in [0.3, 0.4) is 0 Å². The summed E-state index contributed by atoms with van der Waals surface area (Å²) in [6, 6.07) is 0. The molecule has 0 aliphatic heterocycles. The summed E-state index contributed by atoms with van der Waals surface area (Å²) in [5.41, 5.74) is 0.659. The van der Waals surface area contributed by atoms with E-state index in [4.69, 9.17) is 0 Å². The number of fused-ring (bicyclic) bond motifs is 1. The van der Waals surface area contributed by atoms with Gasteiger partial charge in [0.2, 0.25) is 11.8 Å². The lowest BCUT2D eigenvalue weighted by Gasteiger charge is -2.23. The number of carbonyl (C=O) groups is 3. The van der Waals surface area contributed by atoms with Gasteiger partial charge < -0.3 is 10.6 Å². The molecule has 1 aromatic rings. The summed E-state index contributed by atoms with van der Waals surface area (Å²) in [5, 5.41) is 6.27. The molecule has 4 rings (SSSR count). The van der Waals surface area contributed by atoms with Gasteiger partial charge >= 0.3 is 0 Å². The van der Waals surface area contributed by atoms with Gasteiger partial charge in [0.05, 0.1) is 16.5 Å². The Balaban J connectivity index is 1.41. The molecule has 2 fully saturated rings. The van der Waals surface area contributed by atoms with Crippen LogP contribution in [0.15, 0.2) is 0 Å². The standard InChI is InChI=1S/C17H21N3O3S/c21-13-7-11(15(22)18-8-9-4-5-9)6-12-14(13)24-17(19-12)20-16(23)10-2-1-3-10/h9-11H,1-8H2,(H,18,22)(H,19,20,23)/t11-/m0/s1. The molecule has 2 N–H and O–H groups in total. The molecule has 3 aliphatic rings. The normalized spacial score (nSPS) is 23.3. The van der Waals surface area contributed by atoms with Crippen molar-refractivity contribution in [2.45, 2.75) is 44.9 Å². The van der Waals surface area contributed by atoms with E-state index >= 15 is 0 Å². The summed E-state index contributed by atoms with van der Waals surface area (Å²) in [5.74, 6) is 0.289. The van der Waals surface area contributed by atoms with Crippen LogP contribution < -0.4 is 10.6 Å². The van der Waals surface area contributed by atoms with Gasteiger partial charge in [-0.3, -0.25) is 14.4 Å². The third-order valence-corrected chi connectivity index (χ3v) is 6.22. The molecular formula is C17H21N3O3S. The Labute approximate surface area is 144 Å². The number of amides is 2. The van der Waals surface area contributed by atoms with Gasteiger partial charge in [-0.2, -0.15) is 0 Å². The Hall–Kier alpha value is -1.76. The van der Waals surface area contributed by atoms with Crippen molar-refractivity contribution in [3.8, 4) is 0 Å². The molecule has 0 radical (unpaired) electrons. The van der Waals surface area contributed by atoms with Crippen LogP contribution >= 0.6 is 11.3 Å². The summed E-state index contributed by atoms with van der Waals surface area (Å²) < 4.78 is 0. The smallest absolute Gasteiger partial charge is 0.229 e. The summed E-state index contributed by atoms with van der Waals surface area (Å²) in [7, 11) is 0. The Kier molecular flexibility index (Phi) is 4.12. The summed E-state index contributed by atoms with van der Waals surface area (Å²) in [6.07, 6.45) is 6.05. The van der Waals surface area contributed by atoms with Crippen LogP contribution in [0.5, 0.6) is 0 Å². The maximum Gasteiger partial charge on any atom is 0.229 e. The van der Waals surface area contributed by atoms with Crippen LogP contribution in [0.25, 0.3) is 0 Å². The molecule has 3 aliphatic carbocycles. The lowest BCUT2D eigenvalue weighted by molar-refractivity contribution is -0.125. The summed E-state index contributed by atoms with van der Waals surface area (Å²) in [6.45, 7) is 0.718. The molecule has 1 atom stereocenters. The zero-order chi connectivity index (χ0) is 16.7. The van der Waals surface area contributed by atoms with E-state index in [-0.39, 0.29) is 35.9 Å². The van der Waals surface area contributed by atoms with Gasteiger partial charge in [0.1, 0.15) is 0 Å². The van der Waals surface area contributed by atoms with Crippen LogP contribution in [0.1, 0.15) is 53.9 Å². The highest BCUT2D eigenvalue weighted by Gasteiger charge is 2.34. The number of rotatable bonds is 5. The van der Waals surface area contributed by atoms with Gasteiger partial charge in [0.15, 0.2) is 10.9 Å². The van der Waals surface area contributed by atoms with E-state index in [9.17, 15) is 14.4 Å². The quantitative estimate of drug-likeness (QED) is 0.854. The average Bonchev–Trinajstić information content (AvgIpc) is 3.22. The van der Waals surface area contributed by atoms with E-state index in [0.717, 1.165) is 25.8 Å². The van der Waals surface area contributed by atoms with Crippen molar-refractivity contribution in [2.75, 3.05) is 11.9 Å². The number of thiazole rings is 1. The van der Waals surface area contributed by atoms with Gasteiger partial charge in [-0.05, 0) is 31.6 Å². The minimum Gasteiger partial charge on any atom is -0.356 e. The fourth-order valence-electron chi connectivity index (χ4n) is 3.16. The number of nitrogens with zero attached hydrogens (tertiary/aromatic N) is 1. The number of Topliss-reactive ketones (excluding diaryl/α,β-unsaturated/α-hetero) is 1. The highest BCUT2D eigenvalue weighted by molar-refractivity contribution is 7.17. The largest absolute Gasteiger partial charge is 0.356 e. The molecule has 0 saturated heterocycles. The lowest BCUT2D eigenvalue weighted by Crippen LogP contribution is -2.36. The van der Waals surface area contributed by atoms with Gasteiger partial charge in [-0.15, -0.1) is 0 Å². The molecular weight excluding hydrogens is 326 g/mol. The van der Waals surface area contributed by atoms with E-state index in [1.54, 1.807) is 0 Å². The van der Waals surface area contributed by atoms with Crippen molar-refractivity contribution in [3.63, 3.8) is 0 Å². The van der Waals surface area contributed by atoms with Gasteiger partial charge in [0.25, 0.3) is 0 Å². The monoisotopic (exact) mass is 347 g/mol. The molecule has 0 unspecified atom stereocenters. The first-order valence-electron chi connectivity index (χ1n) is 8.71. The second-order valence-electron chi connectivity index (χ2n) is 7.13. The van der Waals surface area contributed by atoms with Crippen LogP contribution in [-0.2, 0) is 16.0 Å². The van der Waals surface area contributed by atoms with E-state index in [1.165, 1.54) is 24.2 Å². The van der Waals surface area contributed by atoms with E-state index in [0.29, 0.717) is 28.0 Å². The minimum atomic E-state index is -0.332. The number of hydrogen-bond donors (Lipinski definition) is 2. The molecule has 2 amide bonds. The maximum absolute atomic E-state index is 12.3. The molecule has 0 aromatic carbocycles. The van der Waals surface area contributed by atoms with Gasteiger partial charge in [0, 0.05) is 25.3 Å². The second kappa shape index (κ2) is 6.27. The molecule has 6 nitrogen and oxygen atoms in total. The molecule has 1 aromatic heterocycles. The van der Waals surface area contributed by atoms with E-state index in [2.05, 4.69) is 15.6 Å². The van der Waals surface area contributed by atoms with Gasteiger partial charge in [-0.1, -0.05) is 17.8 Å². The van der Waals surface area contributed by atoms with Gasteiger partial charge in [-0.25, -0.2) is 4.98 Å². The highest BCUT2D eigenvalue weighted by Crippen LogP contribution is 2.34. The fraction of sp³-hybridized carbons (Fsp3) is 0.647. The Morgan fingerprint density at radius 2 is 1.88 bits per heavy atom. The summed E-state index contributed by atoms with van der Waals surface area (Å²) >= 11 is 1.24. The molecule has 1 heterocycles. The average molecular weight is 347 g/mol. The first-order valence-corrected chi connectivity index (χ1v) is 9.53. The third-order valence-electron chi connectivity index (χ3n) is 5.16. The summed E-state index contributed by atoms with van der Waals surface area (Å²) in [4.78, 5) is 41.6. The first kappa shape index (κ1) is 15.7. The third kappa shape index (κ3) is 3.22. The second-order valence-corrected chi connectivity index (χ2v) is 8.13. The Bertz CT molecular complexity index is 691. The number of hydrogen-bond acceptors (Lipinski definition) is 5. The maximum atomic E-state index is 12.3. The SMILES string of the molecule is O=C1C[C@@H](C(=O)NCC2CC2)Cc2nc(NC(=O)C3CCC3)sc21. The van der Waals surface area contributed by atoms with Crippen molar-refractivity contribution in [3.05, 3.63) is 10.6 Å². The molecule has 128 valence electrons. The van der Waals surface area contributed by atoms with E-state index in [1.807, 2.05) is 0 Å². The highest BCUT2D eigenvalue weighted by atomic mass is 32.1. The zero-order valence-corrected chi connectivity index (χ0v) is 14.3. The molecule has 0 spiro atoms. The number of aromatic nitrogens is 1. The number of anilines is 1. The number of nitrogens with one attached hydrogen (secondary N) is 2. The van der Waals surface area contributed by atoms with Crippen molar-refractivity contribution in [2.24, 2.45) is 17.8 Å². The topological polar surface area (TPSA) is 88.2 Å². The predicted molar refractivity (Wildman–Crippen MR) is 90.0 cm³/mol. The predicted octanol–water partition coefficient (Wildman–Crippen LogP) is 2.15. The number of ketones is 1. The lowest BCUT2D eigenvalue weighted by atomic mass is 9.85. The first-order chi connectivity index (χ1) is 11.6. The van der Waals surface area contributed by atoms with Crippen LogP contribution in [0.2, 0.25) is 0 Å². The van der Waals surface area contributed by atoms with Crippen molar-refractivity contribution >= 4 is 34.1 Å². The molecule has 2 saturated carbocycles. The molecule has 0 bridgehead atoms. The fourth-order valence-corrected chi connectivity index (χ4v) is 4.10. The van der Waals surface area contributed by atoms with E-state index < -0.39 is 0 Å². The Morgan fingerprint density at radius 3 is 2.54 bits per heavy atom. The van der Waals surface area contributed by atoms with Crippen LogP contribution in [-0.4, -0.2) is 29.1 Å². The molecule has 24 heavy (non-hydrogen) atoms. The van der Waals surface area contributed by atoms with Crippen molar-refractivity contribution in [1.29, 1.82) is 0 Å². The number of carbonyl (C=O) groups excluding carboxylic acids is 3. The minimum absolute atomic E-state index is 0.00137. The van der Waals surface area contributed by atoms with Crippen molar-refractivity contribution in [1.82, 2.24) is 10.3 Å². The zero-order valence-electron chi connectivity index (χ0n) is 13.5. The van der Waals surface area contributed by atoms with Crippen LogP contribution in [0, 0.1) is 17.8 Å².